The normalized spacial score (nSPS) is 10.8. The van der Waals surface area contributed by atoms with E-state index in [4.69, 9.17) is 24.4 Å². The van der Waals surface area contributed by atoms with Crippen molar-refractivity contribution < 1.29 is 43.5 Å². The van der Waals surface area contributed by atoms with Crippen molar-refractivity contribution in [1.29, 1.82) is 0 Å². The van der Waals surface area contributed by atoms with Crippen LogP contribution in [0.3, 0.4) is 0 Å². The van der Waals surface area contributed by atoms with E-state index in [-0.39, 0.29) is 24.4 Å². The Hall–Kier alpha value is -4.27. The number of carbonyl (C=O) groups is 2. The topological polar surface area (TPSA) is 123 Å². The molecule has 3 rings (SSSR count). The molecular formula is C31H35FO8. The molecule has 0 bridgehead atoms. The minimum Gasteiger partial charge on any atom is -0.507 e. The smallest absolute Gasteiger partial charge is 0.303 e. The summed E-state index contributed by atoms with van der Waals surface area (Å²) in [5.41, 5.74) is 2.96. The van der Waals surface area contributed by atoms with Crippen molar-refractivity contribution in [1.82, 2.24) is 0 Å². The number of hydrogen-bond donors (Lipinski definition) is 3. The summed E-state index contributed by atoms with van der Waals surface area (Å²) in [5, 5.41) is 28.4. The van der Waals surface area contributed by atoms with Gasteiger partial charge in [-0.1, -0.05) is 25.1 Å². The lowest BCUT2D eigenvalue weighted by Crippen LogP contribution is -2.08. The Morgan fingerprint density at radius 1 is 0.750 bits per heavy atom. The van der Waals surface area contributed by atoms with Gasteiger partial charge in [0.1, 0.15) is 28.8 Å². The van der Waals surface area contributed by atoms with Gasteiger partial charge in [0, 0.05) is 37.0 Å². The van der Waals surface area contributed by atoms with Crippen LogP contribution in [0.2, 0.25) is 0 Å². The fraction of sp³-hybridized carbons (Fsp3) is 0.355. The van der Waals surface area contributed by atoms with Crippen LogP contribution in [0, 0.1) is 5.82 Å². The summed E-state index contributed by atoms with van der Waals surface area (Å²) in [5.74, 6) is -0.401. The van der Waals surface area contributed by atoms with Gasteiger partial charge >= 0.3 is 11.9 Å². The number of aliphatic carboxylic acids is 2. The van der Waals surface area contributed by atoms with Crippen LogP contribution in [0.5, 0.6) is 23.0 Å². The number of benzene rings is 3. The molecule has 0 saturated heterocycles. The Labute approximate surface area is 233 Å². The molecule has 0 aliphatic heterocycles. The van der Waals surface area contributed by atoms with Crippen LogP contribution >= 0.6 is 0 Å². The molecule has 0 aromatic heterocycles. The minimum absolute atomic E-state index is 0.0356. The molecule has 0 saturated carbocycles. The summed E-state index contributed by atoms with van der Waals surface area (Å²) in [7, 11) is 0. The number of hydrogen-bond acceptors (Lipinski definition) is 6. The molecular weight excluding hydrogens is 519 g/mol. The summed E-state index contributed by atoms with van der Waals surface area (Å²) in [6.07, 6.45) is 2.68. The van der Waals surface area contributed by atoms with Crippen molar-refractivity contribution in [2.45, 2.75) is 51.9 Å². The third-order valence-electron chi connectivity index (χ3n) is 6.22. The molecule has 214 valence electrons. The highest BCUT2D eigenvalue weighted by atomic mass is 19.1. The molecule has 3 aromatic carbocycles. The monoisotopic (exact) mass is 554 g/mol. The fourth-order valence-corrected chi connectivity index (χ4v) is 4.08. The molecule has 0 amide bonds. The molecule has 0 heterocycles. The number of aryl methyl sites for hydroxylation is 2. The number of unbranched alkanes of at least 4 members (excludes halogenated alkanes) is 1. The van der Waals surface area contributed by atoms with Gasteiger partial charge in [0.05, 0.1) is 19.8 Å². The highest BCUT2D eigenvalue weighted by molar-refractivity contribution is 5.72. The number of phenols is 1. The van der Waals surface area contributed by atoms with Gasteiger partial charge in [-0.2, -0.15) is 0 Å². The van der Waals surface area contributed by atoms with E-state index in [1.807, 2.05) is 13.0 Å². The molecule has 0 atom stereocenters. The maximum Gasteiger partial charge on any atom is 0.303 e. The van der Waals surface area contributed by atoms with Gasteiger partial charge < -0.3 is 29.5 Å². The summed E-state index contributed by atoms with van der Waals surface area (Å²) in [6, 6.07) is 14.6. The largest absolute Gasteiger partial charge is 0.507 e. The average Bonchev–Trinajstić information content (AvgIpc) is 2.92. The van der Waals surface area contributed by atoms with Gasteiger partial charge in [-0.25, -0.2) is 4.39 Å². The zero-order valence-corrected chi connectivity index (χ0v) is 22.5. The van der Waals surface area contributed by atoms with Crippen molar-refractivity contribution in [2.75, 3.05) is 19.8 Å². The Morgan fingerprint density at radius 2 is 1.40 bits per heavy atom. The molecule has 0 spiro atoms. The van der Waals surface area contributed by atoms with Crippen molar-refractivity contribution >= 4 is 11.9 Å². The second-order valence-corrected chi connectivity index (χ2v) is 9.25. The highest BCUT2D eigenvalue weighted by Crippen LogP contribution is 2.36. The summed E-state index contributed by atoms with van der Waals surface area (Å²) >= 11 is 0. The number of carboxylic acid groups (broad SMARTS) is 2. The molecule has 0 aliphatic rings. The van der Waals surface area contributed by atoms with Crippen molar-refractivity contribution in [3.8, 4) is 34.1 Å². The number of carboxylic acids is 2. The van der Waals surface area contributed by atoms with Gasteiger partial charge in [-0.3, -0.25) is 9.59 Å². The number of aromatic hydroxyl groups is 1. The molecule has 40 heavy (non-hydrogen) atoms. The van der Waals surface area contributed by atoms with Crippen LogP contribution in [-0.4, -0.2) is 47.1 Å². The molecule has 0 aliphatic carbocycles. The maximum absolute atomic E-state index is 13.3. The Morgan fingerprint density at radius 3 is 2.05 bits per heavy atom. The molecule has 3 N–H and O–H groups in total. The highest BCUT2D eigenvalue weighted by Gasteiger charge is 2.13. The molecule has 8 nitrogen and oxygen atoms in total. The summed E-state index contributed by atoms with van der Waals surface area (Å²) < 4.78 is 30.9. The number of phenolic OH excluding ortho intramolecular Hbond substituents is 1. The van der Waals surface area contributed by atoms with E-state index in [0.29, 0.717) is 80.3 Å². The van der Waals surface area contributed by atoms with E-state index >= 15 is 0 Å². The lowest BCUT2D eigenvalue weighted by atomic mass is 10.00. The van der Waals surface area contributed by atoms with Crippen molar-refractivity contribution in [3.05, 3.63) is 71.5 Å². The number of halogens is 1. The van der Waals surface area contributed by atoms with Crippen molar-refractivity contribution in [2.24, 2.45) is 0 Å². The molecule has 3 aromatic rings. The van der Waals surface area contributed by atoms with E-state index in [1.165, 1.54) is 12.1 Å². The van der Waals surface area contributed by atoms with E-state index in [0.717, 1.165) is 11.1 Å². The molecule has 9 heteroatoms. The second-order valence-electron chi connectivity index (χ2n) is 9.25. The number of ether oxygens (including phenoxy) is 3. The summed E-state index contributed by atoms with van der Waals surface area (Å²) in [4.78, 5) is 21.7. The Bertz CT molecular complexity index is 1270. The Balaban J connectivity index is 1.57. The van der Waals surface area contributed by atoms with Crippen molar-refractivity contribution in [3.63, 3.8) is 0 Å². The molecule has 0 unspecified atom stereocenters. The van der Waals surface area contributed by atoms with E-state index in [1.54, 1.807) is 36.4 Å². The predicted octanol–water partition coefficient (Wildman–Crippen LogP) is 6.26. The van der Waals surface area contributed by atoms with Crippen LogP contribution < -0.4 is 14.2 Å². The molecule has 0 fully saturated rings. The van der Waals surface area contributed by atoms with Gasteiger partial charge in [-0.05, 0) is 66.6 Å². The van der Waals surface area contributed by atoms with Crippen LogP contribution in [0.25, 0.3) is 11.1 Å². The van der Waals surface area contributed by atoms with Gasteiger partial charge in [0.2, 0.25) is 0 Å². The third-order valence-corrected chi connectivity index (χ3v) is 6.22. The standard InChI is InChI=1S/C31H35FO8/c1-2-21-18-26(22-7-11-24(32)12-8-22)27(33)20-29(21)40-17-5-16-39-28-19-25(38-15-4-3-6-30(34)35)13-9-23(28)10-14-31(36)37/h7-9,11-13,18-20,33H,2-6,10,14-17H2,1H3,(H,34,35)(H,36,37). The van der Waals surface area contributed by atoms with Gasteiger partial charge in [0.25, 0.3) is 0 Å². The van der Waals surface area contributed by atoms with Crippen LogP contribution in [0.15, 0.2) is 54.6 Å². The first-order chi connectivity index (χ1) is 19.3. The first kappa shape index (κ1) is 30.3. The number of rotatable bonds is 17. The Kier molecular flexibility index (Phi) is 11.6. The zero-order valence-electron chi connectivity index (χ0n) is 22.5. The summed E-state index contributed by atoms with van der Waals surface area (Å²) in [6.45, 7) is 2.98. The van der Waals surface area contributed by atoms with Crippen LogP contribution in [0.1, 0.15) is 50.2 Å². The van der Waals surface area contributed by atoms with E-state index in [9.17, 15) is 19.1 Å². The van der Waals surface area contributed by atoms with Crippen LogP contribution in [0.4, 0.5) is 4.39 Å². The maximum atomic E-state index is 13.3. The SMILES string of the molecule is CCc1cc(-c2ccc(F)cc2)c(O)cc1OCCCOc1cc(OCCCCC(=O)O)ccc1CCC(=O)O. The first-order valence-electron chi connectivity index (χ1n) is 13.3. The fourth-order valence-electron chi connectivity index (χ4n) is 4.08. The quantitative estimate of drug-likeness (QED) is 0.167. The first-order valence-corrected chi connectivity index (χ1v) is 13.3. The molecule has 0 radical (unpaired) electrons. The second kappa shape index (κ2) is 15.4. The van der Waals surface area contributed by atoms with Crippen LogP contribution in [-0.2, 0) is 22.4 Å². The lowest BCUT2D eigenvalue weighted by Gasteiger charge is -2.16. The van der Waals surface area contributed by atoms with E-state index < -0.39 is 11.9 Å². The lowest BCUT2D eigenvalue weighted by molar-refractivity contribution is -0.138. The van der Waals surface area contributed by atoms with E-state index in [2.05, 4.69) is 0 Å². The van der Waals surface area contributed by atoms with Gasteiger partial charge in [-0.15, -0.1) is 0 Å². The van der Waals surface area contributed by atoms with Gasteiger partial charge in [0.15, 0.2) is 0 Å². The minimum atomic E-state index is -0.904. The average molecular weight is 555 g/mol. The third kappa shape index (κ3) is 9.48. The predicted molar refractivity (Wildman–Crippen MR) is 148 cm³/mol. The zero-order chi connectivity index (χ0) is 28.9.